The van der Waals surface area contributed by atoms with Crippen LogP contribution in [-0.2, 0) is 0 Å². The molecule has 3 N–H and O–H groups in total. The van der Waals surface area contributed by atoms with E-state index in [1.165, 1.54) is 0 Å². The molecule has 1 aliphatic heterocycles. The van der Waals surface area contributed by atoms with Crippen molar-refractivity contribution in [2.45, 2.75) is 18.6 Å². The molecule has 0 aromatic carbocycles. The van der Waals surface area contributed by atoms with Gasteiger partial charge in [0.15, 0.2) is 5.79 Å². The molecule has 1 aliphatic rings. The molecule has 0 aromatic heterocycles. The van der Waals surface area contributed by atoms with Crippen molar-refractivity contribution in [1.29, 1.82) is 0 Å². The maximum Gasteiger partial charge on any atom is 0.177 e. The van der Waals surface area contributed by atoms with Gasteiger partial charge in [0.1, 0.15) is 0 Å². The summed E-state index contributed by atoms with van der Waals surface area (Å²) in [4.78, 5) is 0. The summed E-state index contributed by atoms with van der Waals surface area (Å²) in [5.74, 6) is -1.67. The number of rotatable bonds is 0. The van der Waals surface area contributed by atoms with Crippen LogP contribution in [0.1, 0.15) is 12.8 Å². The van der Waals surface area contributed by atoms with E-state index in [4.69, 9.17) is 15.4 Å². The average molecular weight is 133 g/mol. The summed E-state index contributed by atoms with van der Waals surface area (Å²) in [5, 5.41) is 27.5. The topological polar surface area (TPSA) is 63.9 Å². The Hall–Kier alpha value is -0.160. The van der Waals surface area contributed by atoms with E-state index in [0.29, 0.717) is 19.4 Å². The second kappa shape index (κ2) is 2.22. The van der Waals surface area contributed by atoms with E-state index in [-0.39, 0.29) is 6.54 Å². The third-order valence-corrected chi connectivity index (χ3v) is 1.43. The van der Waals surface area contributed by atoms with Gasteiger partial charge in [-0.3, -0.25) is 0 Å². The zero-order valence-electron chi connectivity index (χ0n) is 5.12. The number of nitrogens with zero attached hydrogens (tertiary/aromatic N) is 1. The summed E-state index contributed by atoms with van der Waals surface area (Å²) >= 11 is 0. The normalized spacial score (nSPS) is 28.3. The highest BCUT2D eigenvalue weighted by Gasteiger charge is 2.29. The van der Waals surface area contributed by atoms with E-state index in [2.05, 4.69) is 0 Å². The first kappa shape index (κ1) is 6.95. The Kier molecular flexibility index (Phi) is 1.72. The summed E-state index contributed by atoms with van der Waals surface area (Å²) in [6.07, 6.45) is 0.980. The van der Waals surface area contributed by atoms with Crippen LogP contribution in [0.15, 0.2) is 0 Å². The Bertz CT molecular complexity index is 104. The van der Waals surface area contributed by atoms with Crippen molar-refractivity contribution in [3.05, 3.63) is 0 Å². The highest BCUT2D eigenvalue weighted by Crippen LogP contribution is 2.15. The lowest BCUT2D eigenvalue weighted by Crippen LogP contribution is -2.46. The Morgan fingerprint density at radius 3 is 2.33 bits per heavy atom. The highest BCUT2D eigenvalue weighted by atomic mass is 16.5. The molecule has 4 heteroatoms. The lowest BCUT2D eigenvalue weighted by atomic mass is 10.1. The molecule has 4 nitrogen and oxygen atoms in total. The van der Waals surface area contributed by atoms with Crippen molar-refractivity contribution in [3.63, 3.8) is 0 Å². The second-order valence-corrected chi connectivity index (χ2v) is 2.47. The molecule has 0 amide bonds. The van der Waals surface area contributed by atoms with Gasteiger partial charge in [0.05, 0.1) is 6.54 Å². The van der Waals surface area contributed by atoms with Crippen molar-refractivity contribution < 1.29 is 15.4 Å². The minimum atomic E-state index is -1.67. The Morgan fingerprint density at radius 2 is 2.00 bits per heavy atom. The number of aliphatic hydroxyl groups is 2. The van der Waals surface area contributed by atoms with Gasteiger partial charge in [-0.2, -0.15) is 5.06 Å². The molecule has 1 saturated heterocycles. The fraction of sp³-hybridized carbons (Fsp3) is 1.00. The molecule has 0 unspecified atom stereocenters. The van der Waals surface area contributed by atoms with Gasteiger partial charge < -0.3 is 15.4 Å². The lowest BCUT2D eigenvalue weighted by Gasteiger charge is -2.31. The van der Waals surface area contributed by atoms with E-state index in [1.807, 2.05) is 0 Å². The van der Waals surface area contributed by atoms with Crippen molar-refractivity contribution >= 4 is 0 Å². The van der Waals surface area contributed by atoms with Gasteiger partial charge in [-0.25, -0.2) is 0 Å². The van der Waals surface area contributed by atoms with Crippen molar-refractivity contribution in [1.82, 2.24) is 5.06 Å². The number of hydrogen-bond acceptors (Lipinski definition) is 4. The molecule has 0 aliphatic carbocycles. The van der Waals surface area contributed by atoms with Crippen LogP contribution in [-0.4, -0.2) is 39.4 Å². The van der Waals surface area contributed by atoms with Crippen LogP contribution >= 0.6 is 0 Å². The quantitative estimate of drug-likeness (QED) is 0.377. The minimum Gasteiger partial charge on any atom is -0.364 e. The Morgan fingerprint density at radius 1 is 1.33 bits per heavy atom. The maximum atomic E-state index is 8.90. The van der Waals surface area contributed by atoms with Gasteiger partial charge >= 0.3 is 0 Å². The molecule has 0 radical (unpaired) electrons. The van der Waals surface area contributed by atoms with Crippen molar-refractivity contribution in [2.75, 3.05) is 13.1 Å². The van der Waals surface area contributed by atoms with Crippen LogP contribution < -0.4 is 0 Å². The highest BCUT2D eigenvalue weighted by molar-refractivity contribution is 4.72. The monoisotopic (exact) mass is 133 g/mol. The molecule has 0 atom stereocenters. The van der Waals surface area contributed by atoms with E-state index < -0.39 is 5.79 Å². The fourth-order valence-corrected chi connectivity index (χ4v) is 0.995. The van der Waals surface area contributed by atoms with Gasteiger partial charge in [0.2, 0.25) is 0 Å². The average Bonchev–Trinajstić information content (AvgIpc) is 1.60. The zero-order valence-corrected chi connectivity index (χ0v) is 5.12. The predicted octanol–water partition coefficient (Wildman–Crippen LogP) is -0.848. The molecule has 54 valence electrons. The summed E-state index contributed by atoms with van der Waals surface area (Å²) < 4.78 is 0. The molecular weight excluding hydrogens is 122 g/mol. The second-order valence-electron chi connectivity index (χ2n) is 2.47. The molecule has 1 heterocycles. The summed E-state index contributed by atoms with van der Waals surface area (Å²) in [5.41, 5.74) is 0. The first-order valence-corrected chi connectivity index (χ1v) is 2.99. The lowest BCUT2D eigenvalue weighted by molar-refractivity contribution is -0.247. The van der Waals surface area contributed by atoms with E-state index in [9.17, 15) is 0 Å². The minimum absolute atomic E-state index is 0.0625. The largest absolute Gasteiger partial charge is 0.364 e. The van der Waals surface area contributed by atoms with Crippen LogP contribution in [0.25, 0.3) is 0 Å². The summed E-state index contributed by atoms with van der Waals surface area (Å²) in [7, 11) is 0. The third kappa shape index (κ3) is 1.91. The van der Waals surface area contributed by atoms with Gasteiger partial charge in [-0.1, -0.05) is 0 Å². The van der Waals surface area contributed by atoms with E-state index in [0.717, 1.165) is 5.06 Å². The number of piperidine rings is 1. The number of hydroxylamine groups is 2. The zero-order chi connectivity index (χ0) is 6.91. The molecule has 0 aromatic rings. The van der Waals surface area contributed by atoms with Crippen molar-refractivity contribution in [2.24, 2.45) is 0 Å². The first-order valence-electron chi connectivity index (χ1n) is 2.99. The predicted molar refractivity (Wildman–Crippen MR) is 29.8 cm³/mol. The standard InChI is InChI=1S/C5H11NO3/c7-5(8)2-1-3-6(9)4-5/h7-9H,1-4H2. The molecule has 0 spiro atoms. The molecule has 1 rings (SSSR count). The third-order valence-electron chi connectivity index (χ3n) is 1.43. The SMILES string of the molecule is ON1CCCC(O)(O)C1. The molecule has 1 fully saturated rings. The van der Waals surface area contributed by atoms with Gasteiger partial charge in [0.25, 0.3) is 0 Å². The van der Waals surface area contributed by atoms with Crippen LogP contribution in [0, 0.1) is 0 Å². The first-order chi connectivity index (χ1) is 4.10. The summed E-state index contributed by atoms with van der Waals surface area (Å²) in [6, 6.07) is 0. The molecule has 0 bridgehead atoms. The van der Waals surface area contributed by atoms with Gasteiger partial charge in [0, 0.05) is 13.0 Å². The number of hydrogen-bond donors (Lipinski definition) is 3. The Balaban J connectivity index is 2.41. The van der Waals surface area contributed by atoms with Crippen LogP contribution in [0.4, 0.5) is 0 Å². The Labute approximate surface area is 53.3 Å². The van der Waals surface area contributed by atoms with Gasteiger partial charge in [-0.05, 0) is 6.42 Å². The van der Waals surface area contributed by atoms with E-state index >= 15 is 0 Å². The summed E-state index contributed by atoms with van der Waals surface area (Å²) in [6.45, 7) is 0.468. The maximum absolute atomic E-state index is 8.90. The van der Waals surface area contributed by atoms with Crippen LogP contribution in [0.2, 0.25) is 0 Å². The molecule has 0 saturated carbocycles. The van der Waals surface area contributed by atoms with Crippen LogP contribution in [0.5, 0.6) is 0 Å². The number of β-amino-alcohol motifs (C(OH)–C–C–N with tert-alkyl or cyclic N) is 2. The molecular formula is C5H11NO3. The fourth-order valence-electron chi connectivity index (χ4n) is 0.995. The smallest absolute Gasteiger partial charge is 0.177 e. The molecule has 9 heavy (non-hydrogen) atoms. The van der Waals surface area contributed by atoms with Gasteiger partial charge in [-0.15, -0.1) is 0 Å². The van der Waals surface area contributed by atoms with Crippen LogP contribution in [0.3, 0.4) is 0 Å². The van der Waals surface area contributed by atoms with E-state index in [1.54, 1.807) is 0 Å². The van der Waals surface area contributed by atoms with Crippen molar-refractivity contribution in [3.8, 4) is 0 Å².